The summed E-state index contributed by atoms with van der Waals surface area (Å²) in [6, 6.07) is 13.8. The van der Waals surface area contributed by atoms with Crippen molar-refractivity contribution < 1.29 is 58.2 Å². The van der Waals surface area contributed by atoms with Crippen LogP contribution >= 0.6 is 0 Å². The summed E-state index contributed by atoms with van der Waals surface area (Å²) in [5.41, 5.74) is -10.0. The van der Waals surface area contributed by atoms with E-state index >= 15 is 8.78 Å². The normalized spacial score (nSPS) is 27.6. The molecule has 0 fully saturated rings. The van der Waals surface area contributed by atoms with Crippen LogP contribution in [0.3, 0.4) is 0 Å². The molecular weight excluding hydrogens is 562 g/mol. The number of Topliss-reactive ketones (excluding diaryl/α,β-unsaturated/α-hetero) is 1. The summed E-state index contributed by atoms with van der Waals surface area (Å²) in [5.74, 6) is -25.9. The predicted molar refractivity (Wildman–Crippen MR) is 120 cm³/mol. The first-order chi connectivity index (χ1) is 18.9. The Labute approximate surface area is 219 Å². The lowest BCUT2D eigenvalue weighted by molar-refractivity contribution is -0.162. The first-order valence-electron chi connectivity index (χ1n) is 11.3. The zero-order chi connectivity index (χ0) is 29.4. The number of carbonyl (C=O) groups excluding carboxylic acids is 1. The molecule has 2 aliphatic carbocycles. The van der Waals surface area contributed by atoms with Gasteiger partial charge in [0, 0.05) is 0 Å². The Balaban J connectivity index is 1.82. The third-order valence-electron chi connectivity index (χ3n) is 6.19. The topological polar surface area (TPSA) is 35.5 Å². The molecule has 2 aliphatic rings. The second-order valence-corrected chi connectivity index (χ2v) is 8.69. The Kier molecular flexibility index (Phi) is 8.08. The first-order valence-corrected chi connectivity index (χ1v) is 11.3. The van der Waals surface area contributed by atoms with Crippen LogP contribution in [0.1, 0.15) is 11.1 Å². The van der Waals surface area contributed by atoms with E-state index in [1.54, 1.807) is 0 Å². The lowest BCUT2D eigenvalue weighted by atomic mass is 9.75. The maximum Gasteiger partial charge on any atom is 0.258 e. The van der Waals surface area contributed by atoms with Gasteiger partial charge in [-0.05, 0) is 11.1 Å². The van der Waals surface area contributed by atoms with Gasteiger partial charge in [-0.25, -0.2) is 43.9 Å². The standard InChI is InChI=1S/C27H16F10O3/c28-15-17(30)21(34)26(36,23(19(15)32)39-11-13-7-3-1-4-8-13)25(38)27(37)22(35)18(31)16(29)20(33)24(27)40-12-14-9-5-2-6-10-14/h1-10,23-24H,11-12H2. The molecule has 0 heterocycles. The van der Waals surface area contributed by atoms with Crippen LogP contribution in [0, 0.1) is 0 Å². The molecule has 0 radical (unpaired) electrons. The van der Waals surface area contributed by atoms with Crippen molar-refractivity contribution in [2.24, 2.45) is 0 Å². The Morgan fingerprint density at radius 3 is 1.23 bits per heavy atom. The minimum atomic E-state index is -5.09. The first kappa shape index (κ1) is 29.3. The van der Waals surface area contributed by atoms with Crippen LogP contribution in [0.2, 0.25) is 0 Å². The van der Waals surface area contributed by atoms with Crippen LogP contribution in [0.15, 0.2) is 107 Å². The molecule has 0 N–H and O–H groups in total. The van der Waals surface area contributed by atoms with Crippen molar-refractivity contribution in [2.45, 2.75) is 36.8 Å². The summed E-state index contributed by atoms with van der Waals surface area (Å²) in [4.78, 5) is 13.2. The van der Waals surface area contributed by atoms with Crippen LogP contribution in [0.25, 0.3) is 0 Å². The van der Waals surface area contributed by atoms with E-state index in [1.807, 2.05) is 0 Å². The minimum absolute atomic E-state index is 0.0887. The Hall–Kier alpha value is -3.71. The van der Waals surface area contributed by atoms with Gasteiger partial charge in [-0.3, -0.25) is 4.79 Å². The summed E-state index contributed by atoms with van der Waals surface area (Å²) in [6.07, 6.45) is -6.89. The SMILES string of the molecule is O=C(C1(F)C(F)=C(F)C(F)=C(F)C1OCc1ccccc1)C1(F)C(F)=C(F)C(F)=C(F)C1OCc1ccccc1. The summed E-state index contributed by atoms with van der Waals surface area (Å²) < 4.78 is 158. The maximum absolute atomic E-state index is 16.3. The fourth-order valence-electron chi connectivity index (χ4n) is 4.12. The lowest BCUT2D eigenvalue weighted by Gasteiger charge is -2.40. The van der Waals surface area contributed by atoms with Crippen LogP contribution in [-0.4, -0.2) is 29.3 Å². The molecule has 4 atom stereocenters. The van der Waals surface area contributed by atoms with E-state index in [9.17, 15) is 39.9 Å². The van der Waals surface area contributed by atoms with Crippen molar-refractivity contribution in [2.75, 3.05) is 0 Å². The third kappa shape index (κ3) is 4.66. The van der Waals surface area contributed by atoms with E-state index in [0.717, 1.165) is 0 Å². The largest absolute Gasteiger partial charge is 0.362 e. The van der Waals surface area contributed by atoms with Crippen LogP contribution in [0.4, 0.5) is 43.9 Å². The predicted octanol–water partition coefficient (Wildman–Crippen LogP) is 7.77. The monoisotopic (exact) mass is 578 g/mol. The molecule has 0 bridgehead atoms. The average Bonchev–Trinajstić information content (AvgIpc) is 2.97. The van der Waals surface area contributed by atoms with Crippen LogP contribution in [-0.2, 0) is 27.5 Å². The molecule has 0 aliphatic heterocycles. The van der Waals surface area contributed by atoms with Gasteiger partial charge in [0.15, 0.2) is 58.8 Å². The second-order valence-electron chi connectivity index (χ2n) is 8.69. The number of allylic oxidation sites excluding steroid dienone is 4. The van der Waals surface area contributed by atoms with Crippen molar-refractivity contribution in [1.82, 2.24) is 0 Å². The number of benzene rings is 2. The van der Waals surface area contributed by atoms with E-state index < -0.39 is 89.2 Å². The lowest BCUT2D eigenvalue weighted by Crippen LogP contribution is -2.62. The molecule has 13 heteroatoms. The second kappa shape index (κ2) is 11.0. The number of hydrogen-bond donors (Lipinski definition) is 0. The number of rotatable bonds is 8. The van der Waals surface area contributed by atoms with Gasteiger partial charge < -0.3 is 9.47 Å². The molecule has 0 aromatic heterocycles. The zero-order valence-electron chi connectivity index (χ0n) is 19.8. The van der Waals surface area contributed by atoms with Crippen molar-refractivity contribution in [3.05, 3.63) is 118 Å². The highest BCUT2D eigenvalue weighted by molar-refractivity contribution is 6.02. The molecule has 0 saturated carbocycles. The van der Waals surface area contributed by atoms with Gasteiger partial charge in [-0.15, -0.1) is 0 Å². The Morgan fingerprint density at radius 2 is 0.900 bits per heavy atom. The van der Waals surface area contributed by atoms with Crippen molar-refractivity contribution >= 4 is 5.78 Å². The number of hydrogen-bond acceptors (Lipinski definition) is 3. The molecule has 3 nitrogen and oxygen atoms in total. The molecule has 0 saturated heterocycles. The molecule has 0 amide bonds. The molecule has 2 aromatic carbocycles. The fourth-order valence-corrected chi connectivity index (χ4v) is 4.12. The summed E-state index contributed by atoms with van der Waals surface area (Å²) in [6.45, 7) is -1.83. The summed E-state index contributed by atoms with van der Waals surface area (Å²) in [5, 5.41) is 0. The minimum Gasteiger partial charge on any atom is -0.362 e. The van der Waals surface area contributed by atoms with E-state index in [1.165, 1.54) is 60.7 Å². The van der Waals surface area contributed by atoms with E-state index in [-0.39, 0.29) is 11.1 Å². The molecule has 2 aromatic rings. The third-order valence-corrected chi connectivity index (χ3v) is 6.19. The molecular formula is C27H16F10O3. The average molecular weight is 578 g/mol. The van der Waals surface area contributed by atoms with Gasteiger partial charge in [0.1, 0.15) is 0 Å². The number of alkyl halides is 2. The Morgan fingerprint density at radius 1 is 0.575 bits per heavy atom. The highest BCUT2D eigenvalue weighted by Gasteiger charge is 2.70. The summed E-state index contributed by atoms with van der Waals surface area (Å²) >= 11 is 0. The zero-order valence-corrected chi connectivity index (χ0v) is 19.8. The summed E-state index contributed by atoms with van der Waals surface area (Å²) in [7, 11) is 0. The quantitative estimate of drug-likeness (QED) is 0.301. The van der Waals surface area contributed by atoms with Crippen molar-refractivity contribution in [1.29, 1.82) is 0 Å². The van der Waals surface area contributed by atoms with Crippen molar-refractivity contribution in [3.8, 4) is 0 Å². The fraction of sp³-hybridized carbons (Fsp3) is 0.222. The molecule has 40 heavy (non-hydrogen) atoms. The van der Waals surface area contributed by atoms with Gasteiger partial charge in [0.25, 0.3) is 11.3 Å². The molecule has 0 spiro atoms. The Bertz CT molecular complexity index is 1330. The number of ketones is 1. The van der Waals surface area contributed by atoms with Gasteiger partial charge in [0.05, 0.1) is 13.2 Å². The van der Waals surface area contributed by atoms with E-state index in [2.05, 4.69) is 0 Å². The van der Waals surface area contributed by atoms with E-state index in [0.29, 0.717) is 0 Å². The molecule has 4 unspecified atom stereocenters. The number of halogens is 10. The molecule has 212 valence electrons. The van der Waals surface area contributed by atoms with Gasteiger partial charge in [-0.1, -0.05) is 60.7 Å². The highest BCUT2D eigenvalue weighted by atomic mass is 19.2. The molecule has 4 rings (SSSR count). The smallest absolute Gasteiger partial charge is 0.258 e. The maximum atomic E-state index is 16.3. The number of carbonyl (C=O) groups is 1. The van der Waals surface area contributed by atoms with Gasteiger partial charge in [0.2, 0.25) is 5.78 Å². The van der Waals surface area contributed by atoms with E-state index in [4.69, 9.17) is 9.47 Å². The van der Waals surface area contributed by atoms with Gasteiger partial charge in [-0.2, -0.15) is 0 Å². The van der Waals surface area contributed by atoms with Crippen molar-refractivity contribution in [3.63, 3.8) is 0 Å². The van der Waals surface area contributed by atoms with Crippen LogP contribution < -0.4 is 0 Å². The highest BCUT2D eigenvalue weighted by Crippen LogP contribution is 2.52. The van der Waals surface area contributed by atoms with Crippen LogP contribution in [0.5, 0.6) is 0 Å². The van der Waals surface area contributed by atoms with Gasteiger partial charge >= 0.3 is 0 Å². The number of ether oxygens (including phenoxy) is 2.